The lowest BCUT2D eigenvalue weighted by Crippen LogP contribution is -2.10. The van der Waals surface area contributed by atoms with E-state index in [2.05, 4.69) is 175 Å². The molecule has 3 nitrogen and oxygen atoms in total. The van der Waals surface area contributed by atoms with Crippen molar-refractivity contribution in [1.29, 1.82) is 0 Å². The van der Waals surface area contributed by atoms with Gasteiger partial charge in [0, 0.05) is 55.3 Å². The Morgan fingerprint density at radius 3 is 2.16 bits per heavy atom. The summed E-state index contributed by atoms with van der Waals surface area (Å²) in [6, 6.07) is 44.2. The van der Waals surface area contributed by atoms with E-state index in [0.717, 1.165) is 41.1 Å². The lowest BCUT2D eigenvalue weighted by atomic mass is 10.0. The van der Waals surface area contributed by atoms with Crippen LogP contribution in [0.1, 0.15) is 40.1 Å². The average Bonchev–Trinajstić information content (AvgIpc) is 3.79. The number of hydrogen-bond acceptors (Lipinski definition) is 2. The molecule has 5 aromatic carbocycles. The highest BCUT2D eigenvalue weighted by molar-refractivity contribution is 7.22. The van der Waals surface area contributed by atoms with Crippen LogP contribution in [0.4, 0.5) is 17.1 Å². The fourth-order valence-corrected chi connectivity index (χ4v) is 9.28. The van der Waals surface area contributed by atoms with Crippen LogP contribution in [0, 0.1) is 20.8 Å². The Bertz CT molecular complexity index is 2610. The molecule has 3 heterocycles. The molecule has 0 unspecified atom stereocenters. The van der Waals surface area contributed by atoms with Crippen molar-refractivity contribution in [3.8, 4) is 27.4 Å². The van der Waals surface area contributed by atoms with Gasteiger partial charge in [0.2, 0.25) is 0 Å². The third kappa shape index (κ3) is 5.17. The van der Waals surface area contributed by atoms with Gasteiger partial charge in [0.05, 0.1) is 10.6 Å². The van der Waals surface area contributed by atoms with E-state index in [-0.39, 0.29) is 0 Å². The fraction of sp³-hybridized carbons (Fsp3) is 0.106. The first kappa shape index (κ1) is 31.2. The predicted molar refractivity (Wildman–Crippen MR) is 220 cm³/mol. The molecule has 0 bridgehead atoms. The van der Waals surface area contributed by atoms with Gasteiger partial charge in [-0.15, -0.1) is 11.3 Å². The Kier molecular flexibility index (Phi) is 7.63. The average molecular weight is 678 g/mol. The lowest BCUT2D eigenvalue weighted by Gasteiger charge is -2.26. The van der Waals surface area contributed by atoms with E-state index < -0.39 is 0 Å². The summed E-state index contributed by atoms with van der Waals surface area (Å²) in [4.78, 5) is 7.19. The molecule has 1 aliphatic carbocycles. The molecule has 9 rings (SSSR count). The van der Waals surface area contributed by atoms with E-state index in [1.54, 1.807) is 0 Å². The standard InChI is InChI=1S/C47H39N3S/c1-5-39-32(4)48-43-28-21-34(29-42(39)43)33-19-22-36(23-20-33)49(35-13-7-6-8-14-35)37-24-26-38(27-25-37)50-44-17-11-9-15-40(44)30(2)46(50)47-31(3)41-16-10-12-18-45(41)51-47/h5-10,12-16,18-29,48H,1,11,17H2,2-4H3. The number of allylic oxidation sites excluding steroid dienone is 1. The van der Waals surface area contributed by atoms with Gasteiger partial charge in [0.15, 0.2) is 0 Å². The molecule has 0 amide bonds. The molecule has 51 heavy (non-hydrogen) atoms. The van der Waals surface area contributed by atoms with Crippen molar-refractivity contribution in [3.63, 3.8) is 0 Å². The second-order valence-corrected chi connectivity index (χ2v) is 14.6. The maximum absolute atomic E-state index is 4.05. The number of thiophene rings is 1. The summed E-state index contributed by atoms with van der Waals surface area (Å²) in [7, 11) is 0. The Balaban J connectivity index is 1.12. The van der Waals surface area contributed by atoms with Gasteiger partial charge in [-0.05, 0) is 134 Å². The summed E-state index contributed by atoms with van der Waals surface area (Å²) in [6.45, 7) is 10.7. The van der Waals surface area contributed by atoms with Gasteiger partial charge in [-0.2, -0.15) is 0 Å². The van der Waals surface area contributed by atoms with E-state index in [9.17, 15) is 0 Å². The minimum absolute atomic E-state index is 1.03. The van der Waals surface area contributed by atoms with Crippen molar-refractivity contribution in [3.05, 3.63) is 168 Å². The third-order valence-corrected chi connectivity index (χ3v) is 11.8. The van der Waals surface area contributed by atoms with E-state index in [0.29, 0.717) is 0 Å². The number of aromatic nitrogens is 2. The van der Waals surface area contributed by atoms with Crippen LogP contribution in [0.3, 0.4) is 0 Å². The molecule has 0 fully saturated rings. The Labute approximate surface area is 303 Å². The van der Waals surface area contributed by atoms with Crippen LogP contribution in [-0.2, 0) is 6.42 Å². The summed E-state index contributed by atoms with van der Waals surface area (Å²) < 4.78 is 3.88. The van der Waals surface area contributed by atoms with E-state index in [4.69, 9.17) is 0 Å². The smallest absolute Gasteiger partial charge is 0.0669 e. The SMILES string of the molecule is C=Cc1c(C)[nH]c2ccc(-c3ccc(N(c4ccccc4)c4ccc(-n5c6c(c(C)c5-c5sc7ccccc7c5C)C=CCC6)cc4)cc3)cc12. The number of anilines is 3. The van der Waals surface area contributed by atoms with E-state index >= 15 is 0 Å². The van der Waals surface area contributed by atoms with Crippen LogP contribution >= 0.6 is 11.3 Å². The number of para-hydroxylation sites is 1. The number of rotatable bonds is 7. The highest BCUT2D eigenvalue weighted by atomic mass is 32.1. The maximum atomic E-state index is 4.05. The van der Waals surface area contributed by atoms with Crippen molar-refractivity contribution in [2.45, 2.75) is 33.6 Å². The number of aryl methyl sites for hydroxylation is 2. The van der Waals surface area contributed by atoms with Crippen LogP contribution in [0.5, 0.6) is 0 Å². The van der Waals surface area contributed by atoms with Crippen molar-refractivity contribution in [1.82, 2.24) is 9.55 Å². The van der Waals surface area contributed by atoms with E-state index in [1.807, 2.05) is 17.4 Å². The fourth-order valence-electron chi connectivity index (χ4n) is 7.98. The molecule has 0 aliphatic heterocycles. The summed E-state index contributed by atoms with van der Waals surface area (Å²) in [5.74, 6) is 0. The highest BCUT2D eigenvalue weighted by Crippen LogP contribution is 2.45. The van der Waals surface area contributed by atoms with Crippen LogP contribution in [0.25, 0.3) is 60.5 Å². The number of hydrogen-bond donors (Lipinski definition) is 1. The molecule has 0 radical (unpaired) electrons. The predicted octanol–water partition coefficient (Wildman–Crippen LogP) is 13.5. The van der Waals surface area contributed by atoms with Crippen LogP contribution in [-0.4, -0.2) is 9.55 Å². The molecule has 3 aromatic heterocycles. The molecule has 0 saturated carbocycles. The number of H-pyrrole nitrogens is 1. The second kappa shape index (κ2) is 12.5. The first-order valence-electron chi connectivity index (χ1n) is 17.7. The summed E-state index contributed by atoms with van der Waals surface area (Å²) in [6.07, 6.45) is 8.70. The van der Waals surface area contributed by atoms with Crippen molar-refractivity contribution >= 4 is 61.5 Å². The molecule has 248 valence electrons. The van der Waals surface area contributed by atoms with Gasteiger partial charge < -0.3 is 14.5 Å². The molecule has 0 spiro atoms. The molecule has 0 atom stereocenters. The topological polar surface area (TPSA) is 24.0 Å². The minimum atomic E-state index is 1.03. The molecule has 1 N–H and O–H groups in total. The number of benzene rings is 5. The van der Waals surface area contributed by atoms with E-state index in [1.165, 1.54) is 70.8 Å². The largest absolute Gasteiger partial charge is 0.358 e. The summed E-state index contributed by atoms with van der Waals surface area (Å²) in [5.41, 5.74) is 17.2. The summed E-state index contributed by atoms with van der Waals surface area (Å²) >= 11 is 1.91. The number of fused-ring (bicyclic) bond motifs is 3. The Morgan fingerprint density at radius 1 is 0.725 bits per heavy atom. The monoisotopic (exact) mass is 677 g/mol. The summed E-state index contributed by atoms with van der Waals surface area (Å²) in [5, 5.41) is 2.55. The Morgan fingerprint density at radius 2 is 1.41 bits per heavy atom. The van der Waals surface area contributed by atoms with Gasteiger partial charge in [-0.1, -0.05) is 79.4 Å². The van der Waals surface area contributed by atoms with Crippen LogP contribution in [0.2, 0.25) is 0 Å². The second-order valence-electron chi connectivity index (χ2n) is 13.5. The van der Waals surface area contributed by atoms with Gasteiger partial charge >= 0.3 is 0 Å². The molecular weight excluding hydrogens is 639 g/mol. The molecule has 1 aliphatic rings. The zero-order valence-electron chi connectivity index (χ0n) is 29.2. The van der Waals surface area contributed by atoms with Crippen LogP contribution < -0.4 is 4.90 Å². The van der Waals surface area contributed by atoms with Crippen LogP contribution in [0.15, 0.2) is 134 Å². The minimum Gasteiger partial charge on any atom is -0.358 e. The van der Waals surface area contributed by atoms with Crippen molar-refractivity contribution in [2.24, 2.45) is 0 Å². The first-order chi connectivity index (χ1) is 25.0. The highest BCUT2D eigenvalue weighted by Gasteiger charge is 2.25. The zero-order valence-corrected chi connectivity index (χ0v) is 30.0. The number of aromatic amines is 1. The van der Waals surface area contributed by atoms with Crippen molar-refractivity contribution < 1.29 is 0 Å². The number of nitrogens with one attached hydrogen (secondary N) is 1. The van der Waals surface area contributed by atoms with Gasteiger partial charge in [0.25, 0.3) is 0 Å². The first-order valence-corrected chi connectivity index (χ1v) is 18.5. The molecular formula is C47H39N3S. The Hall–Kier alpha value is -5.84. The normalized spacial score (nSPS) is 12.5. The molecule has 4 heteroatoms. The molecule has 8 aromatic rings. The zero-order chi connectivity index (χ0) is 34.6. The lowest BCUT2D eigenvalue weighted by molar-refractivity contribution is 0.879. The van der Waals surface area contributed by atoms with Gasteiger partial charge in [-0.3, -0.25) is 0 Å². The quantitative estimate of drug-likeness (QED) is 0.178. The maximum Gasteiger partial charge on any atom is 0.0669 e. The number of nitrogens with zero attached hydrogens (tertiary/aromatic N) is 2. The third-order valence-electron chi connectivity index (χ3n) is 10.5. The van der Waals surface area contributed by atoms with Crippen molar-refractivity contribution in [2.75, 3.05) is 4.90 Å². The van der Waals surface area contributed by atoms with Gasteiger partial charge in [-0.25, -0.2) is 0 Å². The molecule has 0 saturated heterocycles. The van der Waals surface area contributed by atoms with Gasteiger partial charge in [0.1, 0.15) is 0 Å².